The molecule has 0 aromatic rings. The molecule has 0 saturated carbocycles. The van der Waals surface area contributed by atoms with E-state index in [1.165, 1.54) is 0 Å². The van der Waals surface area contributed by atoms with Crippen molar-refractivity contribution in [3.8, 4) is 0 Å². The predicted molar refractivity (Wildman–Crippen MR) is 47.1 cm³/mol. The molecule has 0 aromatic heterocycles. The molecule has 0 saturated heterocycles. The molecule has 0 amide bonds. The second-order valence-electron chi connectivity index (χ2n) is 3.79. The van der Waals surface area contributed by atoms with Gasteiger partial charge in [0.1, 0.15) is 0 Å². The lowest BCUT2D eigenvalue weighted by Crippen LogP contribution is -2.20. The summed E-state index contributed by atoms with van der Waals surface area (Å²) in [7, 11) is 1.59. The molecule has 1 aliphatic carbocycles. The highest BCUT2D eigenvalue weighted by Gasteiger charge is 2.23. The standard InChI is InChI=1S/C9H16NO/c1-9(5-3-4-6-9)7-8-10(2)11/h3-4H,5-8H2,1-2H3/q-1. The first kappa shape index (κ1) is 8.75. The number of hydrogen-bond acceptors (Lipinski definition) is 2. The summed E-state index contributed by atoms with van der Waals surface area (Å²) in [6, 6.07) is 0. The molecule has 11 heavy (non-hydrogen) atoms. The molecule has 0 aliphatic heterocycles. The van der Waals surface area contributed by atoms with Gasteiger partial charge in [0.05, 0.1) is 0 Å². The molecule has 0 fully saturated rings. The lowest BCUT2D eigenvalue weighted by molar-refractivity contribution is 0.278. The molecule has 0 atom stereocenters. The second-order valence-corrected chi connectivity index (χ2v) is 3.79. The van der Waals surface area contributed by atoms with Crippen LogP contribution in [0.5, 0.6) is 0 Å². The summed E-state index contributed by atoms with van der Waals surface area (Å²) in [5.74, 6) is 0. The summed E-state index contributed by atoms with van der Waals surface area (Å²) < 4.78 is 0. The summed E-state index contributed by atoms with van der Waals surface area (Å²) in [5, 5.41) is 11.7. The molecule has 1 rings (SSSR count). The van der Waals surface area contributed by atoms with E-state index in [9.17, 15) is 5.21 Å². The molecule has 0 spiro atoms. The topological polar surface area (TPSA) is 26.3 Å². The van der Waals surface area contributed by atoms with Gasteiger partial charge in [-0.05, 0) is 38.3 Å². The fraction of sp³-hybridized carbons (Fsp3) is 0.778. The van der Waals surface area contributed by atoms with Gasteiger partial charge in [0.25, 0.3) is 0 Å². The monoisotopic (exact) mass is 154 g/mol. The Morgan fingerprint density at radius 3 is 2.45 bits per heavy atom. The van der Waals surface area contributed by atoms with E-state index in [-0.39, 0.29) is 0 Å². The van der Waals surface area contributed by atoms with Crippen LogP contribution < -0.4 is 0 Å². The van der Waals surface area contributed by atoms with Crippen LogP contribution >= 0.6 is 0 Å². The Kier molecular flexibility index (Phi) is 2.68. The summed E-state index contributed by atoms with van der Waals surface area (Å²) >= 11 is 0. The minimum absolute atomic E-state index is 0.374. The molecule has 1 aliphatic rings. The zero-order valence-corrected chi connectivity index (χ0v) is 7.34. The van der Waals surface area contributed by atoms with E-state index in [1.807, 2.05) is 0 Å². The van der Waals surface area contributed by atoms with Crippen LogP contribution in [0.1, 0.15) is 26.2 Å². The van der Waals surface area contributed by atoms with Crippen LogP contribution in [0.25, 0.3) is 0 Å². The van der Waals surface area contributed by atoms with Gasteiger partial charge in [-0.1, -0.05) is 19.1 Å². The van der Waals surface area contributed by atoms with Gasteiger partial charge >= 0.3 is 0 Å². The highest BCUT2D eigenvalue weighted by Crippen LogP contribution is 2.35. The summed E-state index contributed by atoms with van der Waals surface area (Å²) in [6.07, 6.45) is 7.72. The van der Waals surface area contributed by atoms with Crippen molar-refractivity contribution < 1.29 is 0 Å². The van der Waals surface area contributed by atoms with Crippen LogP contribution in [-0.4, -0.2) is 18.7 Å². The Bertz CT molecular complexity index is 144. The van der Waals surface area contributed by atoms with Crippen LogP contribution in [0.15, 0.2) is 12.2 Å². The van der Waals surface area contributed by atoms with Crippen molar-refractivity contribution in [3.05, 3.63) is 17.4 Å². The van der Waals surface area contributed by atoms with Crippen LogP contribution in [0.4, 0.5) is 0 Å². The molecule has 0 bridgehead atoms. The average molecular weight is 154 g/mol. The zero-order valence-electron chi connectivity index (χ0n) is 7.34. The van der Waals surface area contributed by atoms with Crippen LogP contribution in [0, 0.1) is 10.6 Å². The van der Waals surface area contributed by atoms with Crippen molar-refractivity contribution in [1.29, 1.82) is 0 Å². The van der Waals surface area contributed by atoms with Gasteiger partial charge in [0.15, 0.2) is 0 Å². The first-order chi connectivity index (χ1) is 5.12. The Morgan fingerprint density at radius 1 is 1.45 bits per heavy atom. The summed E-state index contributed by atoms with van der Waals surface area (Å²) in [5.41, 5.74) is 0.374. The van der Waals surface area contributed by atoms with Crippen molar-refractivity contribution in [2.24, 2.45) is 5.41 Å². The van der Waals surface area contributed by atoms with Gasteiger partial charge in [0, 0.05) is 0 Å². The van der Waals surface area contributed by atoms with Gasteiger partial charge in [-0.15, -0.1) is 0 Å². The van der Waals surface area contributed by atoms with Crippen molar-refractivity contribution in [2.45, 2.75) is 26.2 Å². The molecule has 2 nitrogen and oxygen atoms in total. The molecule has 0 radical (unpaired) electrons. The summed E-state index contributed by atoms with van der Waals surface area (Å²) in [6.45, 7) is 2.91. The molecule has 0 unspecified atom stereocenters. The number of hydrogen-bond donors (Lipinski definition) is 0. The van der Waals surface area contributed by atoms with Crippen LogP contribution in [-0.2, 0) is 0 Å². The number of nitrogens with zero attached hydrogens (tertiary/aromatic N) is 1. The van der Waals surface area contributed by atoms with E-state index in [0.717, 1.165) is 24.3 Å². The second kappa shape index (κ2) is 3.37. The van der Waals surface area contributed by atoms with E-state index in [2.05, 4.69) is 19.1 Å². The smallest absolute Gasteiger partial charge is 0.0141 e. The van der Waals surface area contributed by atoms with Crippen molar-refractivity contribution in [1.82, 2.24) is 5.06 Å². The lowest BCUT2D eigenvalue weighted by Gasteiger charge is -2.29. The van der Waals surface area contributed by atoms with Gasteiger partial charge in [-0.2, -0.15) is 0 Å². The fourth-order valence-electron chi connectivity index (χ4n) is 1.45. The molecule has 0 heterocycles. The first-order valence-electron chi connectivity index (χ1n) is 4.16. The molecule has 64 valence electrons. The maximum absolute atomic E-state index is 10.6. The largest absolute Gasteiger partial charge is 0.785 e. The van der Waals surface area contributed by atoms with E-state index in [1.54, 1.807) is 7.05 Å². The maximum atomic E-state index is 10.6. The fourth-order valence-corrected chi connectivity index (χ4v) is 1.45. The van der Waals surface area contributed by atoms with Crippen LogP contribution in [0.3, 0.4) is 0 Å². The Morgan fingerprint density at radius 2 is 2.00 bits per heavy atom. The maximum Gasteiger partial charge on any atom is -0.0141 e. The zero-order chi connectivity index (χ0) is 8.32. The highest BCUT2D eigenvalue weighted by molar-refractivity contribution is 5.00. The third-order valence-corrected chi connectivity index (χ3v) is 2.42. The predicted octanol–water partition coefficient (Wildman–Crippen LogP) is 2.16. The van der Waals surface area contributed by atoms with Crippen molar-refractivity contribution >= 4 is 0 Å². The van der Waals surface area contributed by atoms with E-state index < -0.39 is 0 Å². The third-order valence-electron chi connectivity index (χ3n) is 2.42. The first-order valence-corrected chi connectivity index (χ1v) is 4.16. The lowest BCUT2D eigenvalue weighted by atomic mass is 9.84. The Labute approximate surface area is 68.5 Å². The Balaban J connectivity index is 2.25. The normalized spacial score (nSPS) is 21.5. The average Bonchev–Trinajstić information content (AvgIpc) is 2.33. The van der Waals surface area contributed by atoms with Crippen molar-refractivity contribution in [2.75, 3.05) is 13.6 Å². The SMILES string of the molecule is CN([O-])CCC1(C)CC=CC1. The van der Waals surface area contributed by atoms with Gasteiger partial charge in [-0.3, -0.25) is 0 Å². The van der Waals surface area contributed by atoms with Gasteiger partial charge < -0.3 is 10.3 Å². The van der Waals surface area contributed by atoms with E-state index in [0.29, 0.717) is 12.0 Å². The number of allylic oxidation sites excluding steroid dienone is 2. The van der Waals surface area contributed by atoms with Gasteiger partial charge in [-0.25, -0.2) is 0 Å². The molecule has 0 N–H and O–H groups in total. The highest BCUT2D eigenvalue weighted by atomic mass is 16.5. The van der Waals surface area contributed by atoms with Crippen LogP contribution in [0.2, 0.25) is 0 Å². The molecular weight excluding hydrogens is 138 g/mol. The number of rotatable bonds is 3. The van der Waals surface area contributed by atoms with E-state index in [4.69, 9.17) is 0 Å². The molecule has 0 aromatic carbocycles. The molecular formula is C9H16NO-. The van der Waals surface area contributed by atoms with E-state index >= 15 is 0 Å². The third kappa shape index (κ3) is 2.64. The quantitative estimate of drug-likeness (QED) is 0.460. The summed E-state index contributed by atoms with van der Waals surface area (Å²) in [4.78, 5) is 0. The minimum Gasteiger partial charge on any atom is -0.785 e. The number of hydroxylamine groups is 2. The molecule has 2 heteroatoms. The minimum atomic E-state index is 0.374. The Hall–Kier alpha value is -0.340. The van der Waals surface area contributed by atoms with Gasteiger partial charge in [0.2, 0.25) is 0 Å². The van der Waals surface area contributed by atoms with Crippen molar-refractivity contribution in [3.63, 3.8) is 0 Å².